The van der Waals surface area contributed by atoms with Crippen LogP contribution in [0.15, 0.2) is 24.3 Å². The normalized spacial score (nSPS) is 27.0. The number of rotatable bonds is 4. The minimum atomic E-state index is -0.373. The Morgan fingerprint density at radius 2 is 1.88 bits per heavy atom. The van der Waals surface area contributed by atoms with Crippen molar-refractivity contribution in [1.82, 2.24) is 5.32 Å². The Balaban J connectivity index is 0.00000208. The standard InChI is InChI=1S/C18H26N2O3.ClH/c21-16-5-1-2-6-17(16)23-15-9-7-14(8-10-15)20-18(22)13-4-3-11-19-12-13;/h7-10,13,16-17,19,21H,1-6,11-12H2,(H,20,22);1H. The number of piperidine rings is 1. The highest BCUT2D eigenvalue weighted by atomic mass is 35.5. The molecular weight excluding hydrogens is 328 g/mol. The molecule has 134 valence electrons. The highest BCUT2D eigenvalue weighted by Crippen LogP contribution is 2.25. The van der Waals surface area contributed by atoms with Crippen LogP contribution >= 0.6 is 12.4 Å². The Kier molecular flexibility index (Phi) is 7.34. The van der Waals surface area contributed by atoms with Gasteiger partial charge in [0.1, 0.15) is 11.9 Å². The van der Waals surface area contributed by atoms with Crippen LogP contribution in [0.2, 0.25) is 0 Å². The van der Waals surface area contributed by atoms with Gasteiger partial charge < -0.3 is 20.5 Å². The summed E-state index contributed by atoms with van der Waals surface area (Å²) in [6.45, 7) is 1.76. The van der Waals surface area contributed by atoms with E-state index in [-0.39, 0.29) is 36.4 Å². The van der Waals surface area contributed by atoms with E-state index in [1.54, 1.807) is 0 Å². The zero-order chi connectivity index (χ0) is 16.1. The second kappa shape index (κ2) is 9.25. The molecule has 0 aromatic heterocycles. The average Bonchev–Trinajstić information content (AvgIpc) is 2.59. The number of amides is 1. The van der Waals surface area contributed by atoms with E-state index in [1.807, 2.05) is 24.3 Å². The van der Waals surface area contributed by atoms with E-state index in [1.165, 1.54) is 0 Å². The molecule has 3 N–H and O–H groups in total. The van der Waals surface area contributed by atoms with E-state index in [2.05, 4.69) is 10.6 Å². The largest absolute Gasteiger partial charge is 0.488 e. The number of halogens is 1. The molecule has 3 unspecified atom stereocenters. The molecule has 2 aliphatic rings. The number of aliphatic hydroxyl groups is 1. The van der Waals surface area contributed by atoms with Crippen LogP contribution in [0.1, 0.15) is 38.5 Å². The average molecular weight is 355 g/mol. The molecular formula is C18H27ClN2O3. The van der Waals surface area contributed by atoms with Crippen molar-refractivity contribution in [3.05, 3.63) is 24.3 Å². The van der Waals surface area contributed by atoms with E-state index < -0.39 is 0 Å². The number of anilines is 1. The SMILES string of the molecule is Cl.O=C(Nc1ccc(OC2CCCCC2O)cc1)C1CCCNC1. The van der Waals surface area contributed by atoms with Crippen molar-refractivity contribution in [3.63, 3.8) is 0 Å². The van der Waals surface area contributed by atoms with Crippen LogP contribution in [0.4, 0.5) is 5.69 Å². The predicted octanol–water partition coefficient (Wildman–Crippen LogP) is 2.73. The molecule has 0 spiro atoms. The van der Waals surface area contributed by atoms with Crippen molar-refractivity contribution in [1.29, 1.82) is 0 Å². The number of carbonyl (C=O) groups excluding carboxylic acids is 1. The molecule has 1 aromatic rings. The lowest BCUT2D eigenvalue weighted by Gasteiger charge is -2.28. The Morgan fingerprint density at radius 3 is 2.54 bits per heavy atom. The van der Waals surface area contributed by atoms with Gasteiger partial charge in [-0.2, -0.15) is 0 Å². The molecule has 6 heteroatoms. The summed E-state index contributed by atoms with van der Waals surface area (Å²) in [6, 6.07) is 7.43. The molecule has 1 saturated carbocycles. The van der Waals surface area contributed by atoms with Crippen molar-refractivity contribution in [2.24, 2.45) is 5.92 Å². The van der Waals surface area contributed by atoms with Gasteiger partial charge in [-0.1, -0.05) is 6.42 Å². The van der Waals surface area contributed by atoms with Gasteiger partial charge in [-0.05, 0) is 62.9 Å². The smallest absolute Gasteiger partial charge is 0.228 e. The lowest BCUT2D eigenvalue weighted by atomic mass is 9.95. The molecule has 0 bridgehead atoms. The molecule has 3 rings (SSSR count). The maximum atomic E-state index is 12.2. The lowest BCUT2D eigenvalue weighted by molar-refractivity contribution is -0.120. The highest BCUT2D eigenvalue weighted by molar-refractivity contribution is 5.92. The number of ether oxygens (including phenoxy) is 1. The lowest BCUT2D eigenvalue weighted by Crippen LogP contribution is -2.37. The van der Waals surface area contributed by atoms with Crippen LogP contribution in [0.3, 0.4) is 0 Å². The topological polar surface area (TPSA) is 70.6 Å². The maximum Gasteiger partial charge on any atom is 0.228 e. The van der Waals surface area contributed by atoms with E-state index in [0.717, 1.165) is 63.1 Å². The van der Waals surface area contributed by atoms with Crippen LogP contribution in [0.5, 0.6) is 5.75 Å². The third-order valence-corrected chi connectivity index (χ3v) is 4.74. The first-order valence-corrected chi connectivity index (χ1v) is 8.69. The molecule has 1 aliphatic heterocycles. The fourth-order valence-corrected chi connectivity index (χ4v) is 3.33. The van der Waals surface area contributed by atoms with Gasteiger partial charge in [0.15, 0.2) is 0 Å². The summed E-state index contributed by atoms with van der Waals surface area (Å²) in [5.74, 6) is 0.874. The van der Waals surface area contributed by atoms with Gasteiger partial charge in [0.05, 0.1) is 12.0 Å². The predicted molar refractivity (Wildman–Crippen MR) is 96.8 cm³/mol. The molecule has 1 aromatic carbocycles. The monoisotopic (exact) mass is 354 g/mol. The number of nitrogens with one attached hydrogen (secondary N) is 2. The van der Waals surface area contributed by atoms with Crippen LogP contribution in [0.25, 0.3) is 0 Å². The number of carbonyl (C=O) groups is 1. The van der Waals surface area contributed by atoms with Crippen LogP contribution in [-0.4, -0.2) is 36.3 Å². The molecule has 1 aliphatic carbocycles. The Hall–Kier alpha value is -1.30. The first-order valence-electron chi connectivity index (χ1n) is 8.69. The quantitative estimate of drug-likeness (QED) is 0.777. The van der Waals surface area contributed by atoms with Gasteiger partial charge in [0, 0.05) is 12.2 Å². The molecule has 1 saturated heterocycles. The number of benzene rings is 1. The molecule has 0 radical (unpaired) electrons. The van der Waals surface area contributed by atoms with Crippen molar-refractivity contribution in [2.75, 3.05) is 18.4 Å². The van der Waals surface area contributed by atoms with E-state index >= 15 is 0 Å². The van der Waals surface area contributed by atoms with Crippen molar-refractivity contribution < 1.29 is 14.6 Å². The van der Waals surface area contributed by atoms with E-state index in [4.69, 9.17) is 4.74 Å². The van der Waals surface area contributed by atoms with Gasteiger partial charge in [-0.3, -0.25) is 4.79 Å². The zero-order valence-electron chi connectivity index (χ0n) is 13.9. The summed E-state index contributed by atoms with van der Waals surface area (Å²) in [6.07, 6.45) is 5.39. The third kappa shape index (κ3) is 5.10. The fourth-order valence-electron chi connectivity index (χ4n) is 3.33. The van der Waals surface area contributed by atoms with Gasteiger partial charge in [0.25, 0.3) is 0 Å². The molecule has 5 nitrogen and oxygen atoms in total. The number of hydrogen-bond acceptors (Lipinski definition) is 4. The van der Waals surface area contributed by atoms with Gasteiger partial charge >= 0.3 is 0 Å². The Bertz CT molecular complexity index is 518. The van der Waals surface area contributed by atoms with Crippen LogP contribution < -0.4 is 15.4 Å². The first kappa shape index (κ1) is 19.0. The number of aliphatic hydroxyl groups excluding tert-OH is 1. The summed E-state index contributed by atoms with van der Waals surface area (Å²) in [7, 11) is 0. The van der Waals surface area contributed by atoms with E-state index in [0.29, 0.717) is 0 Å². The summed E-state index contributed by atoms with van der Waals surface area (Å²) >= 11 is 0. The Morgan fingerprint density at radius 1 is 1.12 bits per heavy atom. The van der Waals surface area contributed by atoms with Gasteiger partial charge in [-0.25, -0.2) is 0 Å². The summed E-state index contributed by atoms with van der Waals surface area (Å²) in [4.78, 5) is 12.2. The first-order chi connectivity index (χ1) is 11.2. The minimum Gasteiger partial charge on any atom is -0.488 e. The number of hydrogen-bond donors (Lipinski definition) is 3. The van der Waals surface area contributed by atoms with Crippen molar-refractivity contribution in [2.45, 2.75) is 50.7 Å². The maximum absolute atomic E-state index is 12.2. The fraction of sp³-hybridized carbons (Fsp3) is 0.611. The third-order valence-electron chi connectivity index (χ3n) is 4.74. The van der Waals surface area contributed by atoms with Crippen LogP contribution in [-0.2, 0) is 4.79 Å². The Labute approximate surface area is 149 Å². The summed E-state index contributed by atoms with van der Waals surface area (Å²) in [5.41, 5.74) is 0.789. The van der Waals surface area contributed by atoms with E-state index in [9.17, 15) is 9.90 Å². The zero-order valence-corrected chi connectivity index (χ0v) is 14.7. The molecule has 3 atom stereocenters. The second-order valence-electron chi connectivity index (χ2n) is 6.57. The second-order valence-corrected chi connectivity index (χ2v) is 6.57. The van der Waals surface area contributed by atoms with Gasteiger partial charge in [0.2, 0.25) is 5.91 Å². The molecule has 2 fully saturated rings. The molecule has 1 amide bonds. The highest BCUT2D eigenvalue weighted by Gasteiger charge is 2.24. The van der Waals surface area contributed by atoms with Gasteiger partial charge in [-0.15, -0.1) is 12.4 Å². The van der Waals surface area contributed by atoms with Crippen LogP contribution in [0, 0.1) is 5.92 Å². The van der Waals surface area contributed by atoms with Crippen molar-refractivity contribution >= 4 is 24.0 Å². The summed E-state index contributed by atoms with van der Waals surface area (Å²) < 4.78 is 5.87. The van der Waals surface area contributed by atoms with Crippen molar-refractivity contribution in [3.8, 4) is 5.75 Å². The minimum absolute atomic E-state index is 0. The summed E-state index contributed by atoms with van der Waals surface area (Å²) in [5, 5.41) is 16.2. The molecule has 24 heavy (non-hydrogen) atoms. The molecule has 1 heterocycles.